The third kappa shape index (κ3) is 7.63. The summed E-state index contributed by atoms with van der Waals surface area (Å²) in [4.78, 5) is 27.7. The first kappa shape index (κ1) is 31.4. The molecule has 1 aliphatic carbocycles. The number of carbonyl (C=O) groups is 2. The first-order valence-corrected chi connectivity index (χ1v) is 14.6. The zero-order valence-electron chi connectivity index (χ0n) is 24.7. The molecule has 1 fully saturated rings. The average Bonchev–Trinajstić information content (AvgIpc) is 3.61. The first-order valence-electron chi connectivity index (χ1n) is 14.6. The van der Waals surface area contributed by atoms with Gasteiger partial charge in [0, 0.05) is 42.1 Å². The van der Waals surface area contributed by atoms with Crippen LogP contribution in [0.4, 0.5) is 8.78 Å². The number of halogens is 2. The highest BCUT2D eigenvalue weighted by molar-refractivity contribution is 5.82. The number of amides is 2. The molecule has 1 heterocycles. The van der Waals surface area contributed by atoms with E-state index in [0.29, 0.717) is 17.8 Å². The predicted octanol–water partition coefficient (Wildman–Crippen LogP) is 5.17. The highest BCUT2D eigenvalue weighted by Gasteiger charge is 2.37. The zero-order valence-corrected chi connectivity index (χ0v) is 24.7. The summed E-state index contributed by atoms with van der Waals surface area (Å²) in [6, 6.07) is 13.5. The molecule has 226 valence electrons. The Balaban J connectivity index is 1.72. The van der Waals surface area contributed by atoms with Gasteiger partial charge in [0.15, 0.2) is 0 Å². The van der Waals surface area contributed by atoms with Gasteiger partial charge < -0.3 is 25.6 Å². The van der Waals surface area contributed by atoms with Crippen LogP contribution in [0, 0.1) is 17.0 Å². The van der Waals surface area contributed by atoms with E-state index in [1.54, 1.807) is 17.2 Å². The molecule has 0 spiro atoms. The molecule has 4 rings (SSSR count). The fourth-order valence-corrected chi connectivity index (χ4v) is 5.89. The molecule has 2 amide bonds. The Morgan fingerprint density at radius 3 is 2.43 bits per heavy atom. The third-order valence-corrected chi connectivity index (χ3v) is 7.95. The Morgan fingerprint density at radius 2 is 1.79 bits per heavy atom. The number of nitrogens with zero attached hydrogens (tertiary/aromatic N) is 2. The van der Waals surface area contributed by atoms with Crippen molar-refractivity contribution >= 4 is 11.8 Å². The summed E-state index contributed by atoms with van der Waals surface area (Å²) in [5.74, 6) is -1.88. The number of aromatic nitrogens is 1. The number of aliphatic hydroxyl groups is 1. The number of aliphatic hydroxyl groups excluding tert-OH is 1. The van der Waals surface area contributed by atoms with E-state index in [4.69, 9.17) is 5.73 Å². The van der Waals surface area contributed by atoms with E-state index in [0.717, 1.165) is 49.4 Å². The van der Waals surface area contributed by atoms with Gasteiger partial charge in [-0.2, -0.15) is 0 Å². The van der Waals surface area contributed by atoms with Crippen molar-refractivity contribution in [1.82, 2.24) is 14.8 Å². The van der Waals surface area contributed by atoms with Gasteiger partial charge in [0.2, 0.25) is 11.8 Å². The molecule has 2 atom stereocenters. The van der Waals surface area contributed by atoms with Crippen LogP contribution in [0.3, 0.4) is 0 Å². The second kappa shape index (κ2) is 13.6. The van der Waals surface area contributed by atoms with E-state index in [-0.39, 0.29) is 30.5 Å². The number of rotatable bonds is 11. The van der Waals surface area contributed by atoms with Crippen LogP contribution in [-0.4, -0.2) is 51.6 Å². The van der Waals surface area contributed by atoms with Crippen molar-refractivity contribution in [2.45, 2.75) is 77.5 Å². The molecule has 0 unspecified atom stereocenters. The van der Waals surface area contributed by atoms with Crippen molar-refractivity contribution in [1.29, 1.82) is 0 Å². The molecular formula is C33H42F2N4O3. The van der Waals surface area contributed by atoms with E-state index in [2.05, 4.69) is 5.32 Å². The molecule has 0 bridgehead atoms. The summed E-state index contributed by atoms with van der Waals surface area (Å²) in [6.45, 7) is 5.75. The number of carbonyl (C=O) groups excluding carboxylic acids is 2. The Kier molecular flexibility index (Phi) is 10.2. The molecule has 0 radical (unpaired) electrons. The van der Waals surface area contributed by atoms with Crippen LogP contribution in [0.25, 0.3) is 11.1 Å². The maximum Gasteiger partial charge on any atom is 0.248 e. The Morgan fingerprint density at radius 1 is 1.10 bits per heavy atom. The van der Waals surface area contributed by atoms with Crippen LogP contribution in [0.1, 0.15) is 70.2 Å². The van der Waals surface area contributed by atoms with Gasteiger partial charge in [0.1, 0.15) is 18.2 Å². The number of nitrogens with one attached hydrogen (secondary N) is 1. The molecule has 0 aliphatic heterocycles. The lowest BCUT2D eigenvalue weighted by atomic mass is 9.82. The average molecular weight is 581 g/mol. The molecule has 4 N–H and O–H groups in total. The maximum atomic E-state index is 14.9. The van der Waals surface area contributed by atoms with Gasteiger partial charge in [-0.25, -0.2) is 8.78 Å². The minimum Gasteiger partial charge on any atom is -0.387 e. The van der Waals surface area contributed by atoms with Crippen LogP contribution >= 0.6 is 0 Å². The van der Waals surface area contributed by atoms with Crippen molar-refractivity contribution in [3.63, 3.8) is 0 Å². The standard InChI is InChI=1S/C33H42F2N4O3/c1-33(2,3)31(39(30(41)21-40)16-15-28(36)32(42)37-25-11-7-8-12-25)29-17-23(26-18-24(34)13-14-27(26)35)20-38(29)19-22-9-5-4-6-10-22/h4-6,9-10,13-14,17-18,20,25,28,31,40H,7-8,11-12,15-16,19,21,36H2,1-3H3,(H,37,42)/t28-,31-/m0/s1. The third-order valence-electron chi connectivity index (χ3n) is 7.95. The predicted molar refractivity (Wildman–Crippen MR) is 159 cm³/mol. The summed E-state index contributed by atoms with van der Waals surface area (Å²) in [5, 5.41) is 13.0. The first-order chi connectivity index (χ1) is 20.0. The van der Waals surface area contributed by atoms with Gasteiger partial charge in [0.25, 0.3) is 0 Å². The molecule has 0 saturated heterocycles. The van der Waals surface area contributed by atoms with E-state index in [1.807, 2.05) is 55.7 Å². The van der Waals surface area contributed by atoms with Gasteiger partial charge >= 0.3 is 0 Å². The monoisotopic (exact) mass is 580 g/mol. The van der Waals surface area contributed by atoms with Crippen LogP contribution in [0.15, 0.2) is 60.8 Å². The molecular weight excluding hydrogens is 538 g/mol. The summed E-state index contributed by atoms with van der Waals surface area (Å²) in [7, 11) is 0. The maximum absolute atomic E-state index is 14.9. The lowest BCUT2D eigenvalue weighted by Gasteiger charge is -2.41. The highest BCUT2D eigenvalue weighted by atomic mass is 19.1. The van der Waals surface area contributed by atoms with Crippen molar-refractivity contribution in [2.24, 2.45) is 11.1 Å². The van der Waals surface area contributed by atoms with E-state index >= 15 is 0 Å². The quantitative estimate of drug-likeness (QED) is 0.292. The lowest BCUT2D eigenvalue weighted by molar-refractivity contribution is -0.140. The highest BCUT2D eigenvalue weighted by Crippen LogP contribution is 2.41. The molecule has 1 aromatic heterocycles. The number of hydrogen-bond acceptors (Lipinski definition) is 4. The second-order valence-corrected chi connectivity index (χ2v) is 12.3. The van der Waals surface area contributed by atoms with Crippen molar-refractivity contribution in [3.05, 3.63) is 83.7 Å². The molecule has 9 heteroatoms. The molecule has 2 aromatic carbocycles. The SMILES string of the molecule is CC(C)(C)[C@H](c1cc(-c2cc(F)ccc2F)cn1Cc1ccccc1)N(CC[C@H](N)C(=O)NC1CCCC1)C(=O)CO. The minimum atomic E-state index is -0.826. The van der Waals surface area contributed by atoms with Gasteiger partial charge in [-0.1, -0.05) is 63.9 Å². The fourth-order valence-electron chi connectivity index (χ4n) is 5.89. The molecule has 3 aromatic rings. The Hall–Kier alpha value is -3.56. The normalized spacial score (nSPS) is 15.4. The number of nitrogens with two attached hydrogens (primary N) is 1. The summed E-state index contributed by atoms with van der Waals surface area (Å²) in [5.41, 5.74) is 7.99. The summed E-state index contributed by atoms with van der Waals surface area (Å²) < 4.78 is 31.0. The van der Waals surface area contributed by atoms with Crippen LogP contribution in [0.5, 0.6) is 0 Å². The smallest absolute Gasteiger partial charge is 0.248 e. The zero-order chi connectivity index (χ0) is 30.4. The van der Waals surface area contributed by atoms with Crippen molar-refractivity contribution in [2.75, 3.05) is 13.2 Å². The fraction of sp³-hybridized carbons (Fsp3) is 0.455. The minimum absolute atomic E-state index is 0.112. The topological polar surface area (TPSA) is 101 Å². The van der Waals surface area contributed by atoms with Crippen molar-refractivity contribution < 1.29 is 23.5 Å². The lowest BCUT2D eigenvalue weighted by Crippen LogP contribution is -2.48. The Bertz CT molecular complexity index is 1360. The molecule has 1 aliphatic rings. The summed E-state index contributed by atoms with van der Waals surface area (Å²) in [6.07, 6.45) is 5.99. The second-order valence-electron chi connectivity index (χ2n) is 12.3. The molecule has 42 heavy (non-hydrogen) atoms. The van der Waals surface area contributed by atoms with E-state index in [1.165, 1.54) is 0 Å². The van der Waals surface area contributed by atoms with E-state index < -0.39 is 41.6 Å². The van der Waals surface area contributed by atoms with Gasteiger partial charge in [-0.05, 0) is 54.5 Å². The van der Waals surface area contributed by atoms with Crippen LogP contribution in [-0.2, 0) is 16.1 Å². The number of benzene rings is 2. The van der Waals surface area contributed by atoms with Gasteiger partial charge in [-0.3, -0.25) is 9.59 Å². The van der Waals surface area contributed by atoms with Crippen LogP contribution in [0.2, 0.25) is 0 Å². The van der Waals surface area contributed by atoms with Gasteiger partial charge in [0.05, 0.1) is 12.1 Å². The molecule has 1 saturated carbocycles. The largest absolute Gasteiger partial charge is 0.387 e. The van der Waals surface area contributed by atoms with Crippen molar-refractivity contribution in [3.8, 4) is 11.1 Å². The van der Waals surface area contributed by atoms with Gasteiger partial charge in [-0.15, -0.1) is 0 Å². The number of hydrogen-bond donors (Lipinski definition) is 3. The van der Waals surface area contributed by atoms with Crippen LogP contribution < -0.4 is 11.1 Å². The summed E-state index contributed by atoms with van der Waals surface area (Å²) >= 11 is 0. The molecule has 7 nitrogen and oxygen atoms in total. The Labute approximate surface area is 246 Å². The van der Waals surface area contributed by atoms with E-state index in [9.17, 15) is 23.5 Å².